The highest BCUT2D eigenvalue weighted by Crippen LogP contribution is 2.17. The van der Waals surface area contributed by atoms with E-state index in [1.54, 1.807) is 47.9 Å². The lowest BCUT2D eigenvalue weighted by atomic mass is 10.0. The Balaban J connectivity index is 1.59. The van der Waals surface area contributed by atoms with Crippen LogP contribution in [0.3, 0.4) is 0 Å². The molecule has 9 heteroatoms. The number of carbonyl (C=O) groups excluding carboxylic acids is 4. The van der Waals surface area contributed by atoms with Crippen molar-refractivity contribution in [3.8, 4) is 0 Å². The monoisotopic (exact) mass is 502 g/mol. The number of benzene rings is 3. The second-order valence-electron chi connectivity index (χ2n) is 8.38. The van der Waals surface area contributed by atoms with Crippen molar-refractivity contribution < 1.29 is 24.4 Å². The van der Waals surface area contributed by atoms with Crippen molar-refractivity contribution >= 4 is 35.0 Å². The van der Waals surface area contributed by atoms with Crippen LogP contribution in [0.1, 0.15) is 52.8 Å². The van der Waals surface area contributed by atoms with Crippen molar-refractivity contribution in [2.24, 2.45) is 0 Å². The number of hydrogen-bond donors (Lipinski definition) is 5. The Hall–Kier alpha value is -4.50. The molecule has 4 amide bonds. The van der Waals surface area contributed by atoms with E-state index in [2.05, 4.69) is 16.0 Å². The molecule has 0 heterocycles. The zero-order valence-corrected chi connectivity index (χ0v) is 20.3. The third-order valence-electron chi connectivity index (χ3n) is 5.64. The molecule has 0 spiro atoms. The number of amides is 4. The SMILES string of the molecule is O=C(CCCCCC(NC(=O)c1ccccc1)C(=O)Nc1ccccc1C(=O)NO)Nc1ccccc1. The fourth-order valence-corrected chi connectivity index (χ4v) is 3.73. The fraction of sp³-hybridized carbons (Fsp3) is 0.214. The molecule has 1 atom stereocenters. The number of anilines is 2. The van der Waals surface area contributed by atoms with Gasteiger partial charge in [-0.2, -0.15) is 0 Å². The van der Waals surface area contributed by atoms with Crippen molar-refractivity contribution in [3.05, 3.63) is 96.1 Å². The maximum Gasteiger partial charge on any atom is 0.276 e. The standard InChI is InChI=1S/C28H30N4O5/c33-25(29-21-14-6-2-7-15-21)19-9-3-8-18-24(31-26(34)20-12-4-1-5-13-20)28(36)30-23-17-11-10-16-22(23)27(35)32-37/h1-2,4-7,10-17,24,37H,3,8-9,18-19H2,(H,29,33)(H,30,36)(H,31,34)(H,32,35). The predicted molar refractivity (Wildman–Crippen MR) is 140 cm³/mol. The summed E-state index contributed by atoms with van der Waals surface area (Å²) in [6.07, 6.45) is 2.56. The average molecular weight is 503 g/mol. The number of para-hydroxylation sites is 2. The van der Waals surface area contributed by atoms with Crippen molar-refractivity contribution in [2.45, 2.75) is 38.1 Å². The summed E-state index contributed by atoms with van der Waals surface area (Å²) in [7, 11) is 0. The zero-order valence-electron chi connectivity index (χ0n) is 20.3. The molecule has 0 saturated heterocycles. The Morgan fingerprint density at radius 1 is 0.703 bits per heavy atom. The van der Waals surface area contributed by atoms with E-state index in [1.165, 1.54) is 12.1 Å². The van der Waals surface area contributed by atoms with Crippen molar-refractivity contribution in [1.29, 1.82) is 0 Å². The molecular weight excluding hydrogens is 472 g/mol. The van der Waals surface area contributed by atoms with Crippen LogP contribution in [0.15, 0.2) is 84.9 Å². The second kappa shape index (κ2) is 14.2. The highest BCUT2D eigenvalue weighted by molar-refractivity contribution is 6.06. The maximum atomic E-state index is 13.1. The molecule has 0 fully saturated rings. The van der Waals surface area contributed by atoms with E-state index in [1.807, 2.05) is 30.3 Å². The van der Waals surface area contributed by atoms with Gasteiger partial charge in [-0.15, -0.1) is 0 Å². The van der Waals surface area contributed by atoms with Gasteiger partial charge in [0.15, 0.2) is 0 Å². The topological polar surface area (TPSA) is 137 Å². The summed E-state index contributed by atoms with van der Waals surface area (Å²) < 4.78 is 0. The van der Waals surface area contributed by atoms with Crippen LogP contribution in [0.5, 0.6) is 0 Å². The Labute approximate surface area is 215 Å². The van der Waals surface area contributed by atoms with Gasteiger partial charge in [0.1, 0.15) is 6.04 Å². The van der Waals surface area contributed by atoms with Crippen LogP contribution < -0.4 is 21.4 Å². The minimum absolute atomic E-state index is 0.0796. The van der Waals surface area contributed by atoms with Crippen LogP contribution in [-0.4, -0.2) is 34.9 Å². The van der Waals surface area contributed by atoms with Gasteiger partial charge in [-0.1, -0.05) is 61.4 Å². The summed E-state index contributed by atoms with van der Waals surface area (Å²) in [6.45, 7) is 0. The van der Waals surface area contributed by atoms with Crippen LogP contribution >= 0.6 is 0 Å². The van der Waals surface area contributed by atoms with Crippen LogP contribution in [0.2, 0.25) is 0 Å². The van der Waals surface area contributed by atoms with Crippen LogP contribution in [-0.2, 0) is 9.59 Å². The lowest BCUT2D eigenvalue weighted by molar-refractivity contribution is -0.118. The first-order valence-electron chi connectivity index (χ1n) is 12.0. The normalized spacial score (nSPS) is 11.2. The van der Waals surface area contributed by atoms with Crippen LogP contribution in [0, 0.1) is 0 Å². The number of unbranched alkanes of at least 4 members (excludes halogenated alkanes) is 2. The Bertz CT molecular complexity index is 1200. The van der Waals surface area contributed by atoms with E-state index in [9.17, 15) is 19.2 Å². The van der Waals surface area contributed by atoms with Gasteiger partial charge in [0.05, 0.1) is 11.3 Å². The fourth-order valence-electron chi connectivity index (χ4n) is 3.73. The number of hydrogen-bond acceptors (Lipinski definition) is 5. The molecule has 0 aromatic heterocycles. The lowest BCUT2D eigenvalue weighted by Gasteiger charge is -2.19. The molecular formula is C28H30N4O5. The van der Waals surface area contributed by atoms with Gasteiger partial charge in [0, 0.05) is 17.7 Å². The molecule has 3 aromatic rings. The second-order valence-corrected chi connectivity index (χ2v) is 8.38. The average Bonchev–Trinajstić information content (AvgIpc) is 2.93. The van der Waals surface area contributed by atoms with Gasteiger partial charge in [-0.3, -0.25) is 24.4 Å². The van der Waals surface area contributed by atoms with Crippen LogP contribution in [0.4, 0.5) is 11.4 Å². The van der Waals surface area contributed by atoms with E-state index in [-0.39, 0.29) is 17.2 Å². The molecule has 3 aromatic carbocycles. The minimum atomic E-state index is -0.879. The van der Waals surface area contributed by atoms with Gasteiger partial charge in [-0.05, 0) is 49.2 Å². The quantitative estimate of drug-likeness (QED) is 0.144. The summed E-state index contributed by atoms with van der Waals surface area (Å²) in [5, 5.41) is 17.3. The third kappa shape index (κ3) is 8.59. The van der Waals surface area contributed by atoms with E-state index in [4.69, 9.17) is 5.21 Å². The highest BCUT2D eigenvalue weighted by Gasteiger charge is 2.23. The van der Waals surface area contributed by atoms with E-state index >= 15 is 0 Å². The Morgan fingerprint density at radius 2 is 1.35 bits per heavy atom. The molecule has 9 nitrogen and oxygen atoms in total. The Morgan fingerprint density at radius 3 is 2.05 bits per heavy atom. The first-order chi connectivity index (χ1) is 18.0. The lowest BCUT2D eigenvalue weighted by Crippen LogP contribution is -2.44. The highest BCUT2D eigenvalue weighted by atomic mass is 16.5. The summed E-state index contributed by atoms with van der Waals surface area (Å²) in [6, 6.07) is 23.1. The molecule has 1 unspecified atom stereocenters. The summed E-state index contributed by atoms with van der Waals surface area (Å²) >= 11 is 0. The van der Waals surface area contributed by atoms with Gasteiger partial charge < -0.3 is 16.0 Å². The number of carbonyl (C=O) groups is 4. The Kier molecular flexibility index (Phi) is 10.4. The molecule has 37 heavy (non-hydrogen) atoms. The number of hydroxylamine groups is 1. The van der Waals surface area contributed by atoms with Gasteiger partial charge in [0.2, 0.25) is 11.8 Å². The molecule has 0 aliphatic carbocycles. The summed E-state index contributed by atoms with van der Waals surface area (Å²) in [5.41, 5.74) is 3.00. The summed E-state index contributed by atoms with van der Waals surface area (Å²) in [4.78, 5) is 50.0. The maximum absolute atomic E-state index is 13.1. The van der Waals surface area contributed by atoms with Crippen molar-refractivity contribution in [3.63, 3.8) is 0 Å². The largest absolute Gasteiger partial charge is 0.340 e. The molecule has 3 rings (SSSR count). The van der Waals surface area contributed by atoms with Gasteiger partial charge in [0.25, 0.3) is 11.8 Å². The zero-order chi connectivity index (χ0) is 26.5. The van der Waals surface area contributed by atoms with Gasteiger partial charge in [-0.25, -0.2) is 5.48 Å². The molecule has 0 aliphatic rings. The van der Waals surface area contributed by atoms with Crippen molar-refractivity contribution in [1.82, 2.24) is 10.8 Å². The number of nitrogens with one attached hydrogen (secondary N) is 4. The first kappa shape index (κ1) is 27.1. The molecule has 0 saturated carbocycles. The van der Waals surface area contributed by atoms with E-state index in [0.717, 1.165) is 5.69 Å². The molecule has 5 N–H and O–H groups in total. The predicted octanol–water partition coefficient (Wildman–Crippen LogP) is 4.13. The molecule has 192 valence electrons. The first-order valence-corrected chi connectivity index (χ1v) is 12.0. The van der Waals surface area contributed by atoms with E-state index < -0.39 is 23.8 Å². The van der Waals surface area contributed by atoms with Crippen molar-refractivity contribution in [2.75, 3.05) is 10.6 Å². The molecule has 0 aliphatic heterocycles. The molecule has 0 bridgehead atoms. The third-order valence-corrected chi connectivity index (χ3v) is 5.64. The smallest absolute Gasteiger partial charge is 0.276 e. The minimum Gasteiger partial charge on any atom is -0.340 e. The summed E-state index contributed by atoms with van der Waals surface area (Å²) in [5.74, 6) is -1.75. The molecule has 0 radical (unpaired) electrons. The van der Waals surface area contributed by atoms with E-state index in [0.29, 0.717) is 37.7 Å². The number of rotatable bonds is 12. The van der Waals surface area contributed by atoms with Gasteiger partial charge >= 0.3 is 0 Å². The van der Waals surface area contributed by atoms with Crippen LogP contribution in [0.25, 0.3) is 0 Å².